The van der Waals surface area contributed by atoms with Crippen molar-refractivity contribution in [2.45, 2.75) is 25.7 Å². The molecule has 1 fully saturated rings. The topological polar surface area (TPSA) is 28.6 Å². The number of aromatic nitrogens is 1. The van der Waals surface area contributed by atoms with Crippen LogP contribution in [-0.4, -0.2) is 49.2 Å². The Bertz CT molecular complexity index is 547. The summed E-state index contributed by atoms with van der Waals surface area (Å²) in [4.78, 5) is 8.55. The zero-order valence-electron chi connectivity index (χ0n) is 12.1. The monoisotopic (exact) mass is 301 g/mol. The summed E-state index contributed by atoms with van der Waals surface area (Å²) >= 11 is 0. The molecule has 0 aliphatic carbocycles. The fourth-order valence-electron chi connectivity index (χ4n) is 3.01. The van der Waals surface area contributed by atoms with E-state index in [1.807, 2.05) is 7.05 Å². The minimum Gasteiger partial charge on any atom is -0.374 e. The Hall–Kier alpha value is -1.34. The number of fused-ring (bicyclic) bond motifs is 3. The molecule has 0 spiro atoms. The number of alkyl halides is 3. The molecule has 0 radical (unpaired) electrons. The van der Waals surface area contributed by atoms with Crippen molar-refractivity contribution in [3.05, 3.63) is 22.9 Å². The molecule has 0 bridgehead atoms. The molecule has 1 aromatic heterocycles. The van der Waals surface area contributed by atoms with Gasteiger partial charge in [0.25, 0.3) is 0 Å². The van der Waals surface area contributed by atoms with Crippen LogP contribution >= 0.6 is 0 Å². The molecule has 3 rings (SSSR count). The summed E-state index contributed by atoms with van der Waals surface area (Å²) in [7, 11) is 2.04. The Balaban J connectivity index is 2.03. The fourth-order valence-corrected chi connectivity index (χ4v) is 3.01. The molecule has 21 heavy (non-hydrogen) atoms. The Morgan fingerprint density at radius 1 is 1.33 bits per heavy atom. The van der Waals surface area contributed by atoms with Gasteiger partial charge in [0.05, 0.1) is 30.5 Å². The van der Waals surface area contributed by atoms with Gasteiger partial charge in [-0.3, -0.25) is 0 Å². The summed E-state index contributed by atoms with van der Waals surface area (Å²) < 4.78 is 44.6. The van der Waals surface area contributed by atoms with E-state index in [1.54, 1.807) is 0 Å². The highest BCUT2D eigenvalue weighted by Gasteiger charge is 2.36. The van der Waals surface area contributed by atoms with Gasteiger partial charge < -0.3 is 14.5 Å². The van der Waals surface area contributed by atoms with Gasteiger partial charge in [0.1, 0.15) is 5.82 Å². The zero-order valence-corrected chi connectivity index (χ0v) is 12.1. The molecule has 0 amide bonds. The van der Waals surface area contributed by atoms with Gasteiger partial charge in [0.15, 0.2) is 0 Å². The summed E-state index contributed by atoms with van der Waals surface area (Å²) in [6, 6.07) is 1.34. The summed E-state index contributed by atoms with van der Waals surface area (Å²) in [5.74, 6) is 0.649. The normalized spacial score (nSPS) is 23.5. The Morgan fingerprint density at radius 2 is 2.10 bits per heavy atom. The predicted octanol–water partition coefficient (Wildman–Crippen LogP) is 2.06. The Morgan fingerprint density at radius 3 is 2.81 bits per heavy atom. The molecule has 1 aromatic rings. The SMILES string of the molecule is Cc1nc2c(cc1C(F)(F)F)COC[C@H]1CN(C)CCN21. The number of aryl methyl sites for hydroxylation is 1. The molecule has 0 unspecified atom stereocenters. The van der Waals surface area contributed by atoms with Gasteiger partial charge in [0.2, 0.25) is 0 Å². The van der Waals surface area contributed by atoms with Crippen molar-refractivity contribution in [1.29, 1.82) is 0 Å². The lowest BCUT2D eigenvalue weighted by molar-refractivity contribution is -0.138. The maximum atomic E-state index is 13.0. The molecule has 0 aromatic carbocycles. The number of nitrogens with zero attached hydrogens (tertiary/aromatic N) is 3. The van der Waals surface area contributed by atoms with Crippen LogP contribution in [-0.2, 0) is 17.5 Å². The van der Waals surface area contributed by atoms with Gasteiger partial charge in [-0.05, 0) is 20.0 Å². The second-order valence-corrected chi connectivity index (χ2v) is 5.73. The third-order valence-corrected chi connectivity index (χ3v) is 4.10. The average molecular weight is 301 g/mol. The van der Waals surface area contributed by atoms with E-state index in [4.69, 9.17) is 4.74 Å². The van der Waals surface area contributed by atoms with E-state index in [0.29, 0.717) is 18.0 Å². The van der Waals surface area contributed by atoms with Crippen LogP contribution in [0.5, 0.6) is 0 Å². The van der Waals surface area contributed by atoms with Crippen LogP contribution in [0.25, 0.3) is 0 Å². The maximum absolute atomic E-state index is 13.0. The molecule has 1 saturated heterocycles. The molecule has 2 aliphatic rings. The van der Waals surface area contributed by atoms with Gasteiger partial charge in [0, 0.05) is 25.2 Å². The number of rotatable bonds is 0. The van der Waals surface area contributed by atoms with Crippen LogP contribution in [0.15, 0.2) is 6.07 Å². The lowest BCUT2D eigenvalue weighted by Crippen LogP contribution is -2.53. The van der Waals surface area contributed by atoms with E-state index < -0.39 is 11.7 Å². The van der Waals surface area contributed by atoms with E-state index >= 15 is 0 Å². The molecule has 3 heterocycles. The van der Waals surface area contributed by atoms with Gasteiger partial charge >= 0.3 is 6.18 Å². The highest BCUT2D eigenvalue weighted by molar-refractivity contribution is 5.52. The first-order valence-corrected chi connectivity index (χ1v) is 6.97. The van der Waals surface area contributed by atoms with Crippen molar-refractivity contribution >= 4 is 5.82 Å². The first kappa shape index (κ1) is 14.6. The third-order valence-electron chi connectivity index (χ3n) is 4.10. The second-order valence-electron chi connectivity index (χ2n) is 5.73. The minimum atomic E-state index is -4.38. The lowest BCUT2D eigenvalue weighted by Gasteiger charge is -2.40. The number of pyridine rings is 1. The van der Waals surface area contributed by atoms with Crippen LogP contribution < -0.4 is 4.90 Å². The first-order valence-electron chi connectivity index (χ1n) is 6.97. The number of ether oxygens (including phenoxy) is 1. The van der Waals surface area contributed by atoms with Crippen LogP contribution in [0.2, 0.25) is 0 Å². The molecule has 0 saturated carbocycles. The molecule has 2 aliphatic heterocycles. The molecular weight excluding hydrogens is 283 g/mol. The van der Waals surface area contributed by atoms with Gasteiger partial charge in [-0.15, -0.1) is 0 Å². The van der Waals surface area contributed by atoms with Crippen molar-refractivity contribution in [2.24, 2.45) is 0 Å². The van der Waals surface area contributed by atoms with Gasteiger partial charge in [-0.2, -0.15) is 13.2 Å². The number of hydrogen-bond donors (Lipinski definition) is 0. The van der Waals surface area contributed by atoms with Gasteiger partial charge in [-0.25, -0.2) is 4.98 Å². The van der Waals surface area contributed by atoms with Crippen LogP contribution in [0, 0.1) is 6.92 Å². The molecular formula is C14H18F3N3O. The second kappa shape index (κ2) is 5.14. The van der Waals surface area contributed by atoms with E-state index in [-0.39, 0.29) is 18.3 Å². The molecule has 0 N–H and O–H groups in total. The largest absolute Gasteiger partial charge is 0.418 e. The first-order chi connectivity index (χ1) is 9.86. The maximum Gasteiger partial charge on any atom is 0.418 e. The van der Waals surface area contributed by atoms with Crippen molar-refractivity contribution in [1.82, 2.24) is 9.88 Å². The number of hydrogen-bond acceptors (Lipinski definition) is 4. The highest BCUT2D eigenvalue weighted by Crippen LogP contribution is 2.36. The van der Waals surface area contributed by atoms with Gasteiger partial charge in [-0.1, -0.05) is 0 Å². The average Bonchev–Trinajstić information content (AvgIpc) is 2.55. The van der Waals surface area contributed by atoms with Crippen molar-refractivity contribution in [3.8, 4) is 0 Å². The van der Waals surface area contributed by atoms with Crippen LogP contribution in [0.4, 0.5) is 19.0 Å². The minimum absolute atomic E-state index is 0.0285. The molecule has 4 nitrogen and oxygen atoms in total. The standard InChI is InChI=1S/C14H18F3N3O/c1-9-12(14(15,16)17)5-10-7-21-8-11-6-19(2)3-4-20(11)13(10)18-9/h5,11H,3-4,6-8H2,1-2H3/t11-/m1/s1. The van der Waals surface area contributed by atoms with Crippen molar-refractivity contribution in [2.75, 3.05) is 38.2 Å². The summed E-state index contributed by atoms with van der Waals surface area (Å²) in [5.41, 5.74) is -0.113. The van der Waals surface area contributed by atoms with E-state index in [0.717, 1.165) is 19.6 Å². The third kappa shape index (κ3) is 2.72. The van der Waals surface area contributed by atoms with Crippen molar-refractivity contribution in [3.63, 3.8) is 0 Å². The number of anilines is 1. The van der Waals surface area contributed by atoms with Crippen LogP contribution in [0.3, 0.4) is 0 Å². The smallest absolute Gasteiger partial charge is 0.374 e. The fraction of sp³-hybridized carbons (Fsp3) is 0.643. The number of piperazine rings is 1. The summed E-state index contributed by atoms with van der Waals surface area (Å²) in [6.07, 6.45) is -4.38. The predicted molar refractivity (Wildman–Crippen MR) is 72.3 cm³/mol. The lowest BCUT2D eigenvalue weighted by atomic mass is 10.1. The highest BCUT2D eigenvalue weighted by atomic mass is 19.4. The summed E-state index contributed by atoms with van der Waals surface area (Å²) in [6.45, 7) is 4.58. The number of likely N-dealkylation sites (N-methyl/N-ethyl adjacent to an activating group) is 1. The molecule has 1 atom stereocenters. The van der Waals surface area contributed by atoms with Crippen molar-refractivity contribution < 1.29 is 17.9 Å². The van der Waals surface area contributed by atoms with E-state index in [2.05, 4.69) is 14.8 Å². The quantitative estimate of drug-likeness (QED) is 0.733. The Labute approximate surface area is 121 Å². The molecule has 7 heteroatoms. The summed E-state index contributed by atoms with van der Waals surface area (Å²) in [5, 5.41) is 0. The molecule has 116 valence electrons. The zero-order chi connectivity index (χ0) is 15.2. The van der Waals surface area contributed by atoms with Crippen LogP contribution in [0.1, 0.15) is 16.8 Å². The Kier molecular flexibility index (Phi) is 3.57. The van der Waals surface area contributed by atoms with E-state index in [1.165, 1.54) is 13.0 Å². The van der Waals surface area contributed by atoms with E-state index in [9.17, 15) is 13.2 Å². The number of halogens is 3.